The van der Waals surface area contributed by atoms with Gasteiger partial charge in [-0.25, -0.2) is 12.8 Å². The van der Waals surface area contributed by atoms with E-state index in [-0.39, 0.29) is 29.1 Å². The summed E-state index contributed by atoms with van der Waals surface area (Å²) in [7, 11) is -4.28. The van der Waals surface area contributed by atoms with Crippen LogP contribution >= 0.6 is 11.6 Å². The monoisotopic (exact) mass is 635 g/mol. The van der Waals surface area contributed by atoms with Crippen LogP contribution in [0.25, 0.3) is 0 Å². The third-order valence-electron chi connectivity index (χ3n) is 7.32. The average molecular weight is 636 g/mol. The summed E-state index contributed by atoms with van der Waals surface area (Å²) >= 11 is 6.40. The number of hydrogen-bond donors (Lipinski definition) is 1. The Morgan fingerprint density at radius 1 is 0.886 bits per heavy atom. The summed E-state index contributed by atoms with van der Waals surface area (Å²) in [6, 6.07) is 25.2. The molecule has 10 heteroatoms. The maximum absolute atomic E-state index is 15.0. The van der Waals surface area contributed by atoms with Crippen LogP contribution in [0, 0.1) is 19.7 Å². The van der Waals surface area contributed by atoms with E-state index in [1.807, 2.05) is 37.3 Å². The number of nitrogens with one attached hydrogen (secondary N) is 1. The molecule has 0 bridgehead atoms. The van der Waals surface area contributed by atoms with E-state index < -0.39 is 40.2 Å². The fourth-order valence-electron chi connectivity index (χ4n) is 4.87. The van der Waals surface area contributed by atoms with E-state index in [4.69, 9.17) is 11.6 Å². The van der Waals surface area contributed by atoms with Gasteiger partial charge in [0, 0.05) is 30.1 Å². The highest BCUT2D eigenvalue weighted by atomic mass is 35.5. The first-order valence-electron chi connectivity index (χ1n) is 14.2. The third-order valence-corrected chi connectivity index (χ3v) is 9.50. The lowest BCUT2D eigenvalue weighted by atomic mass is 10.0. The molecule has 0 heterocycles. The molecule has 44 heavy (non-hydrogen) atoms. The minimum Gasteiger partial charge on any atom is -0.355 e. The largest absolute Gasteiger partial charge is 0.355 e. The molecule has 1 atom stereocenters. The number of nitrogens with zero attached hydrogens (tertiary/aromatic N) is 2. The van der Waals surface area contributed by atoms with Crippen molar-refractivity contribution in [1.29, 1.82) is 0 Å². The number of likely N-dealkylation sites (N-methyl/N-ethyl adjacent to an activating group) is 1. The molecule has 230 valence electrons. The van der Waals surface area contributed by atoms with Gasteiger partial charge < -0.3 is 10.2 Å². The van der Waals surface area contributed by atoms with Gasteiger partial charge in [0.05, 0.1) is 10.6 Å². The van der Waals surface area contributed by atoms with Gasteiger partial charge >= 0.3 is 0 Å². The Morgan fingerprint density at radius 2 is 1.55 bits per heavy atom. The first kappa shape index (κ1) is 32.7. The van der Waals surface area contributed by atoms with Crippen LogP contribution in [-0.2, 0) is 32.6 Å². The molecule has 0 aliphatic rings. The molecule has 0 saturated carbocycles. The molecule has 0 aromatic heterocycles. The number of sulfonamides is 1. The number of carbonyl (C=O) groups excluding carboxylic acids is 2. The van der Waals surface area contributed by atoms with Crippen LogP contribution < -0.4 is 9.62 Å². The molecule has 0 aliphatic carbocycles. The van der Waals surface area contributed by atoms with Gasteiger partial charge in [0.25, 0.3) is 10.0 Å². The van der Waals surface area contributed by atoms with Crippen molar-refractivity contribution in [1.82, 2.24) is 10.2 Å². The third kappa shape index (κ3) is 7.65. The molecule has 0 spiro atoms. The fourth-order valence-corrected chi connectivity index (χ4v) is 6.51. The molecule has 0 saturated heterocycles. The highest BCUT2D eigenvalue weighted by molar-refractivity contribution is 7.92. The number of halogens is 2. The van der Waals surface area contributed by atoms with Gasteiger partial charge in [-0.05, 0) is 62.2 Å². The predicted octanol–water partition coefficient (Wildman–Crippen LogP) is 6.07. The summed E-state index contributed by atoms with van der Waals surface area (Å²) in [5, 5.41) is 3.11. The van der Waals surface area contributed by atoms with Crippen molar-refractivity contribution in [2.45, 2.75) is 44.7 Å². The Labute approximate surface area is 263 Å². The maximum atomic E-state index is 15.0. The molecule has 0 unspecified atom stereocenters. The van der Waals surface area contributed by atoms with Gasteiger partial charge in [0.2, 0.25) is 11.8 Å². The number of hydrogen-bond acceptors (Lipinski definition) is 4. The van der Waals surface area contributed by atoms with Crippen LogP contribution in [0.5, 0.6) is 0 Å². The predicted molar refractivity (Wildman–Crippen MR) is 171 cm³/mol. The van der Waals surface area contributed by atoms with Crippen LogP contribution in [0.4, 0.5) is 10.1 Å². The van der Waals surface area contributed by atoms with E-state index in [9.17, 15) is 22.4 Å². The van der Waals surface area contributed by atoms with Crippen molar-refractivity contribution in [2.75, 3.05) is 17.4 Å². The van der Waals surface area contributed by atoms with Crippen molar-refractivity contribution in [3.05, 3.63) is 130 Å². The minimum absolute atomic E-state index is 0.0134. The van der Waals surface area contributed by atoms with Crippen molar-refractivity contribution in [3.8, 4) is 0 Å². The van der Waals surface area contributed by atoms with Crippen molar-refractivity contribution in [2.24, 2.45) is 0 Å². The summed E-state index contributed by atoms with van der Waals surface area (Å²) in [4.78, 5) is 29.2. The highest BCUT2D eigenvalue weighted by Crippen LogP contribution is 2.31. The molecule has 0 radical (unpaired) electrons. The summed E-state index contributed by atoms with van der Waals surface area (Å²) < 4.78 is 44.3. The summed E-state index contributed by atoms with van der Waals surface area (Å²) in [5.74, 6) is -1.67. The molecule has 4 aromatic rings. The van der Waals surface area contributed by atoms with Crippen LogP contribution in [0.2, 0.25) is 5.02 Å². The van der Waals surface area contributed by atoms with Gasteiger partial charge in [0.15, 0.2) is 0 Å². The van der Waals surface area contributed by atoms with E-state index in [2.05, 4.69) is 5.32 Å². The molecule has 7 nitrogen and oxygen atoms in total. The van der Waals surface area contributed by atoms with Gasteiger partial charge in [0.1, 0.15) is 18.4 Å². The summed E-state index contributed by atoms with van der Waals surface area (Å²) in [6.45, 7) is 4.67. The average Bonchev–Trinajstić information content (AvgIpc) is 3.01. The molecule has 1 N–H and O–H groups in total. The molecule has 2 amide bonds. The van der Waals surface area contributed by atoms with Gasteiger partial charge in [-0.1, -0.05) is 83.9 Å². The van der Waals surface area contributed by atoms with E-state index in [1.54, 1.807) is 50.2 Å². The van der Waals surface area contributed by atoms with Crippen LogP contribution in [0.1, 0.15) is 29.2 Å². The quantitative estimate of drug-likeness (QED) is 0.205. The fraction of sp³-hybridized carbons (Fsp3) is 0.235. The number of amides is 2. The molecule has 4 aromatic carbocycles. The molecular formula is C34H35ClFN3O4S. The Bertz CT molecular complexity index is 1720. The number of aryl methyl sites for hydroxylation is 1. The zero-order valence-electron chi connectivity index (χ0n) is 24.8. The van der Waals surface area contributed by atoms with Crippen molar-refractivity contribution < 1.29 is 22.4 Å². The van der Waals surface area contributed by atoms with E-state index in [1.165, 1.54) is 35.2 Å². The summed E-state index contributed by atoms with van der Waals surface area (Å²) in [6.07, 6.45) is 0.133. The number of benzene rings is 4. The Morgan fingerprint density at radius 3 is 2.20 bits per heavy atom. The van der Waals surface area contributed by atoms with Gasteiger partial charge in [-0.15, -0.1) is 0 Å². The normalized spacial score (nSPS) is 11.9. The smallest absolute Gasteiger partial charge is 0.264 e. The second-order valence-electron chi connectivity index (χ2n) is 10.4. The number of rotatable bonds is 12. The minimum atomic E-state index is -4.28. The second kappa shape index (κ2) is 14.5. The second-order valence-corrected chi connectivity index (χ2v) is 12.7. The number of anilines is 1. The molecule has 0 aliphatic heterocycles. The van der Waals surface area contributed by atoms with Gasteiger partial charge in [-0.2, -0.15) is 0 Å². The Kier molecular flexibility index (Phi) is 10.8. The maximum Gasteiger partial charge on any atom is 0.264 e. The Hall–Kier alpha value is -4.21. The van der Waals surface area contributed by atoms with E-state index in [0.717, 1.165) is 15.4 Å². The van der Waals surface area contributed by atoms with Crippen LogP contribution in [-0.4, -0.2) is 44.3 Å². The van der Waals surface area contributed by atoms with Gasteiger partial charge in [-0.3, -0.25) is 13.9 Å². The Balaban J connectivity index is 1.84. The zero-order chi connectivity index (χ0) is 31.9. The lowest BCUT2D eigenvalue weighted by molar-refractivity contribution is -0.140. The molecule has 0 fully saturated rings. The highest BCUT2D eigenvalue weighted by Gasteiger charge is 2.35. The van der Waals surface area contributed by atoms with E-state index in [0.29, 0.717) is 17.1 Å². The van der Waals surface area contributed by atoms with Crippen LogP contribution in [0.15, 0.2) is 102 Å². The topological polar surface area (TPSA) is 86.8 Å². The van der Waals surface area contributed by atoms with Crippen LogP contribution in [0.3, 0.4) is 0 Å². The SMILES string of the molecule is CCNC(=O)[C@H](Cc1ccccc1)N(Cc1ccccc1F)C(=O)CN(c1cccc(Cl)c1C)S(=O)(=O)c1ccc(C)cc1. The first-order valence-corrected chi connectivity index (χ1v) is 16.0. The zero-order valence-corrected chi connectivity index (χ0v) is 26.4. The van der Waals surface area contributed by atoms with Crippen molar-refractivity contribution in [3.63, 3.8) is 0 Å². The van der Waals surface area contributed by atoms with E-state index >= 15 is 0 Å². The molecule has 4 rings (SSSR count). The lowest BCUT2D eigenvalue weighted by Gasteiger charge is -2.34. The summed E-state index contributed by atoms with van der Waals surface area (Å²) in [5.41, 5.74) is 2.52. The standard InChI is InChI=1S/C34H35ClFN3O4S/c1-4-37-34(41)32(21-26-11-6-5-7-12-26)38(22-27-13-8-9-15-30(27)36)33(40)23-39(31-16-10-14-29(35)25(31)3)44(42,43)28-19-17-24(2)18-20-28/h5-20,32H,4,21-23H2,1-3H3,(H,37,41)/t32-/m0/s1. The van der Waals surface area contributed by atoms with Crippen molar-refractivity contribution >= 4 is 39.1 Å². The lowest BCUT2D eigenvalue weighted by Crippen LogP contribution is -2.53. The first-order chi connectivity index (χ1) is 21.0. The number of carbonyl (C=O) groups is 2. The molecular weight excluding hydrogens is 601 g/mol.